The molecule has 0 bridgehead atoms. The molecule has 0 radical (unpaired) electrons. The summed E-state index contributed by atoms with van der Waals surface area (Å²) in [7, 11) is 0. The van der Waals surface area contributed by atoms with Crippen LogP contribution < -0.4 is 10.6 Å². The maximum Gasteiger partial charge on any atom is 0.320 e. The van der Waals surface area contributed by atoms with Crippen LogP contribution in [-0.4, -0.2) is 11.1 Å². The number of amides is 2. The number of phenols is 1. The van der Waals surface area contributed by atoms with Gasteiger partial charge in [0.2, 0.25) is 0 Å². The van der Waals surface area contributed by atoms with Gasteiger partial charge in [-0.05, 0) is 11.6 Å². The highest BCUT2D eigenvalue weighted by molar-refractivity contribution is 5.95. The van der Waals surface area contributed by atoms with Crippen molar-refractivity contribution in [2.45, 2.75) is 6.04 Å². The molecule has 1 aliphatic heterocycles. The zero-order chi connectivity index (χ0) is 12.5. The van der Waals surface area contributed by atoms with Crippen LogP contribution in [0.5, 0.6) is 5.75 Å². The second-order valence-corrected chi connectivity index (χ2v) is 4.18. The van der Waals surface area contributed by atoms with Gasteiger partial charge in [-0.15, -0.1) is 0 Å². The first kappa shape index (κ1) is 10.7. The van der Waals surface area contributed by atoms with E-state index in [-0.39, 0.29) is 17.8 Å². The van der Waals surface area contributed by atoms with Crippen molar-refractivity contribution in [2.24, 2.45) is 0 Å². The number of fused-ring (bicyclic) bond motifs is 1. The fourth-order valence-corrected chi connectivity index (χ4v) is 2.20. The summed E-state index contributed by atoms with van der Waals surface area (Å²) in [5, 5.41) is 15.3. The van der Waals surface area contributed by atoms with Crippen molar-refractivity contribution < 1.29 is 9.90 Å². The number of hydrogen-bond acceptors (Lipinski definition) is 2. The van der Waals surface area contributed by atoms with Gasteiger partial charge in [-0.25, -0.2) is 4.79 Å². The fourth-order valence-electron chi connectivity index (χ4n) is 2.20. The minimum Gasteiger partial charge on any atom is -0.506 e. The van der Waals surface area contributed by atoms with Crippen LogP contribution in [0, 0.1) is 0 Å². The third-order valence-electron chi connectivity index (χ3n) is 3.03. The van der Waals surface area contributed by atoms with Crippen molar-refractivity contribution in [3.05, 3.63) is 59.7 Å². The van der Waals surface area contributed by atoms with E-state index in [0.717, 1.165) is 11.1 Å². The number of carbonyl (C=O) groups is 1. The molecule has 90 valence electrons. The molecule has 0 saturated carbocycles. The Balaban J connectivity index is 2.14. The van der Waals surface area contributed by atoms with Crippen LogP contribution in [0.4, 0.5) is 10.5 Å². The lowest BCUT2D eigenvalue weighted by Crippen LogP contribution is -2.38. The van der Waals surface area contributed by atoms with Gasteiger partial charge in [0.05, 0.1) is 11.7 Å². The molecule has 0 aliphatic carbocycles. The molecular formula is C14H12N2O2. The van der Waals surface area contributed by atoms with Crippen LogP contribution in [0.3, 0.4) is 0 Å². The first-order valence-corrected chi connectivity index (χ1v) is 5.70. The number of aromatic hydroxyl groups is 1. The second kappa shape index (κ2) is 4.07. The lowest BCUT2D eigenvalue weighted by atomic mass is 9.95. The Kier molecular flexibility index (Phi) is 2.41. The van der Waals surface area contributed by atoms with Gasteiger partial charge in [0.1, 0.15) is 5.75 Å². The van der Waals surface area contributed by atoms with Crippen LogP contribution in [0.15, 0.2) is 48.5 Å². The molecule has 4 nitrogen and oxygen atoms in total. The molecular weight excluding hydrogens is 228 g/mol. The predicted molar refractivity (Wildman–Crippen MR) is 68.5 cm³/mol. The van der Waals surface area contributed by atoms with Crippen molar-refractivity contribution in [3.63, 3.8) is 0 Å². The van der Waals surface area contributed by atoms with E-state index in [0.29, 0.717) is 5.69 Å². The first-order chi connectivity index (χ1) is 8.75. The summed E-state index contributed by atoms with van der Waals surface area (Å²) < 4.78 is 0. The normalized spacial score (nSPS) is 17.6. The van der Waals surface area contributed by atoms with E-state index in [4.69, 9.17) is 0 Å². The van der Waals surface area contributed by atoms with Gasteiger partial charge < -0.3 is 15.7 Å². The average Bonchev–Trinajstić information content (AvgIpc) is 2.40. The number of para-hydroxylation sites is 1. The predicted octanol–water partition coefficient (Wildman–Crippen LogP) is 2.62. The van der Waals surface area contributed by atoms with Gasteiger partial charge in [-0.2, -0.15) is 0 Å². The molecule has 2 amide bonds. The Morgan fingerprint density at radius 1 is 1.00 bits per heavy atom. The van der Waals surface area contributed by atoms with Crippen molar-refractivity contribution in [1.29, 1.82) is 0 Å². The first-order valence-electron chi connectivity index (χ1n) is 5.70. The summed E-state index contributed by atoms with van der Waals surface area (Å²) in [4.78, 5) is 11.6. The zero-order valence-electron chi connectivity index (χ0n) is 9.55. The Morgan fingerprint density at radius 3 is 2.56 bits per heavy atom. The number of hydrogen-bond donors (Lipinski definition) is 3. The zero-order valence-corrected chi connectivity index (χ0v) is 9.55. The number of carbonyl (C=O) groups excluding carboxylic acids is 1. The third-order valence-corrected chi connectivity index (χ3v) is 3.03. The quantitative estimate of drug-likeness (QED) is 0.671. The van der Waals surface area contributed by atoms with Gasteiger partial charge >= 0.3 is 6.03 Å². The van der Waals surface area contributed by atoms with E-state index < -0.39 is 0 Å². The molecule has 3 rings (SSSR count). The Labute approximate surface area is 104 Å². The van der Waals surface area contributed by atoms with E-state index in [1.165, 1.54) is 0 Å². The van der Waals surface area contributed by atoms with E-state index >= 15 is 0 Å². The SMILES string of the molecule is O=C1Nc2c(O)cccc2C(c2ccccc2)N1. The standard InChI is InChI=1S/C14H12N2O2/c17-11-8-4-7-10-12(9-5-2-1-3-6-9)15-14(18)16-13(10)11/h1-8,12,17H,(H2,15,16,18). The summed E-state index contributed by atoms with van der Waals surface area (Å²) >= 11 is 0. The van der Waals surface area contributed by atoms with Gasteiger partial charge in [-0.1, -0.05) is 42.5 Å². The van der Waals surface area contributed by atoms with E-state index in [2.05, 4.69) is 10.6 Å². The van der Waals surface area contributed by atoms with Crippen LogP contribution in [0.25, 0.3) is 0 Å². The van der Waals surface area contributed by atoms with Crippen LogP contribution >= 0.6 is 0 Å². The highest BCUT2D eigenvalue weighted by Gasteiger charge is 2.26. The molecule has 1 atom stereocenters. The van der Waals surface area contributed by atoms with Crippen LogP contribution in [0.2, 0.25) is 0 Å². The van der Waals surface area contributed by atoms with Crippen molar-refractivity contribution >= 4 is 11.7 Å². The summed E-state index contributed by atoms with van der Waals surface area (Å²) in [6, 6.07) is 14.3. The Hall–Kier alpha value is -2.49. The molecule has 1 unspecified atom stereocenters. The molecule has 0 spiro atoms. The largest absolute Gasteiger partial charge is 0.506 e. The van der Waals surface area contributed by atoms with Crippen molar-refractivity contribution in [3.8, 4) is 5.75 Å². The van der Waals surface area contributed by atoms with E-state index in [1.54, 1.807) is 12.1 Å². The molecule has 0 saturated heterocycles. The molecule has 2 aromatic carbocycles. The monoisotopic (exact) mass is 240 g/mol. The topological polar surface area (TPSA) is 61.4 Å². The van der Waals surface area contributed by atoms with E-state index in [1.807, 2.05) is 36.4 Å². The van der Waals surface area contributed by atoms with Crippen molar-refractivity contribution in [1.82, 2.24) is 5.32 Å². The van der Waals surface area contributed by atoms with Gasteiger partial charge in [0.15, 0.2) is 0 Å². The number of phenolic OH excluding ortho intramolecular Hbond substituents is 1. The maximum absolute atomic E-state index is 11.6. The smallest absolute Gasteiger partial charge is 0.320 e. The number of urea groups is 1. The van der Waals surface area contributed by atoms with Gasteiger partial charge in [0.25, 0.3) is 0 Å². The van der Waals surface area contributed by atoms with Crippen molar-refractivity contribution in [2.75, 3.05) is 5.32 Å². The number of benzene rings is 2. The summed E-state index contributed by atoms with van der Waals surface area (Å²) in [6.07, 6.45) is 0. The third kappa shape index (κ3) is 1.68. The fraction of sp³-hybridized carbons (Fsp3) is 0.0714. The summed E-state index contributed by atoms with van der Waals surface area (Å²) in [5.41, 5.74) is 2.33. The number of nitrogens with one attached hydrogen (secondary N) is 2. The molecule has 0 aromatic heterocycles. The maximum atomic E-state index is 11.6. The van der Waals surface area contributed by atoms with Crippen LogP contribution in [0.1, 0.15) is 17.2 Å². The summed E-state index contributed by atoms with van der Waals surface area (Å²) in [6.45, 7) is 0. The minimum absolute atomic E-state index is 0.0864. The second-order valence-electron chi connectivity index (χ2n) is 4.18. The van der Waals surface area contributed by atoms with Gasteiger partial charge in [0, 0.05) is 5.56 Å². The molecule has 1 heterocycles. The number of anilines is 1. The molecule has 2 aromatic rings. The molecule has 4 heteroatoms. The summed E-state index contributed by atoms with van der Waals surface area (Å²) in [5.74, 6) is 0.0864. The number of rotatable bonds is 1. The Bertz CT molecular complexity index is 596. The van der Waals surface area contributed by atoms with Crippen LogP contribution in [-0.2, 0) is 0 Å². The molecule has 1 aliphatic rings. The lowest BCUT2D eigenvalue weighted by molar-refractivity contribution is 0.248. The minimum atomic E-state index is -0.308. The molecule has 18 heavy (non-hydrogen) atoms. The Morgan fingerprint density at radius 2 is 1.78 bits per heavy atom. The molecule has 3 N–H and O–H groups in total. The highest BCUT2D eigenvalue weighted by Crippen LogP contribution is 2.36. The lowest BCUT2D eigenvalue weighted by Gasteiger charge is -2.28. The van der Waals surface area contributed by atoms with Gasteiger partial charge in [-0.3, -0.25) is 0 Å². The van der Waals surface area contributed by atoms with E-state index in [9.17, 15) is 9.90 Å². The highest BCUT2D eigenvalue weighted by atomic mass is 16.3. The average molecular weight is 240 g/mol. The molecule has 0 fully saturated rings.